The van der Waals surface area contributed by atoms with E-state index in [-0.39, 0.29) is 5.82 Å². The Morgan fingerprint density at radius 2 is 2.33 bits per heavy atom. The molecule has 0 aliphatic rings. The number of hydrogen-bond donors (Lipinski definition) is 0. The van der Waals surface area contributed by atoms with Gasteiger partial charge in [-0.25, -0.2) is 4.39 Å². The third kappa shape index (κ3) is 4.67. The van der Waals surface area contributed by atoms with E-state index in [1.807, 2.05) is 0 Å². The number of aromatic nitrogens is 1. The SMILES string of the molecule is Fc1cc[c-]nc1.[Zn+][Br]. The summed E-state index contributed by atoms with van der Waals surface area (Å²) in [5.41, 5.74) is 0. The molecule has 0 aromatic carbocycles. The van der Waals surface area contributed by atoms with Gasteiger partial charge < -0.3 is 4.98 Å². The van der Waals surface area contributed by atoms with Crippen LogP contribution in [-0.2, 0) is 16.3 Å². The Labute approximate surface area is 69.7 Å². The Morgan fingerprint density at radius 3 is 2.56 bits per heavy atom. The number of rotatable bonds is 0. The van der Waals surface area contributed by atoms with E-state index < -0.39 is 0 Å². The Balaban J connectivity index is 0.000000291. The van der Waals surface area contributed by atoms with Gasteiger partial charge >= 0.3 is 30.0 Å². The van der Waals surface area contributed by atoms with Crippen molar-refractivity contribution in [3.05, 3.63) is 30.3 Å². The predicted molar refractivity (Wildman–Crippen MR) is 32.0 cm³/mol. The van der Waals surface area contributed by atoms with Gasteiger partial charge in [0.25, 0.3) is 0 Å². The van der Waals surface area contributed by atoms with Gasteiger partial charge in [0.15, 0.2) is 0 Å². The van der Waals surface area contributed by atoms with Crippen molar-refractivity contribution in [2.75, 3.05) is 0 Å². The van der Waals surface area contributed by atoms with Crippen LogP contribution in [0.3, 0.4) is 0 Å². The molecule has 0 bridgehead atoms. The number of pyridine rings is 1. The minimum atomic E-state index is -0.321. The second kappa shape index (κ2) is 6.31. The summed E-state index contributed by atoms with van der Waals surface area (Å²) in [5, 5.41) is 0. The molecule has 0 saturated carbocycles. The van der Waals surface area contributed by atoms with Gasteiger partial charge in [0.05, 0.1) is 0 Å². The summed E-state index contributed by atoms with van der Waals surface area (Å²) in [6.45, 7) is 0. The fourth-order valence-corrected chi connectivity index (χ4v) is 0.302. The van der Waals surface area contributed by atoms with Crippen LogP contribution in [0.4, 0.5) is 4.39 Å². The summed E-state index contributed by atoms with van der Waals surface area (Å²) < 4.78 is 11.8. The van der Waals surface area contributed by atoms with Crippen molar-refractivity contribution in [3.8, 4) is 0 Å². The van der Waals surface area contributed by atoms with Crippen LogP contribution in [0.25, 0.3) is 0 Å². The quantitative estimate of drug-likeness (QED) is 0.499. The molecule has 0 spiro atoms. The van der Waals surface area contributed by atoms with Gasteiger partial charge in [0, 0.05) is 5.82 Å². The molecule has 1 aromatic heterocycles. The molecule has 1 aromatic rings. The van der Waals surface area contributed by atoms with Crippen LogP contribution in [0.5, 0.6) is 0 Å². The fourth-order valence-electron chi connectivity index (χ4n) is 0.302. The third-order valence-corrected chi connectivity index (χ3v) is 0.580. The van der Waals surface area contributed by atoms with Crippen molar-refractivity contribution < 1.29 is 20.7 Å². The number of hydrogen-bond acceptors (Lipinski definition) is 1. The van der Waals surface area contributed by atoms with Gasteiger partial charge in [-0.3, -0.25) is 0 Å². The maximum atomic E-state index is 11.8. The zero-order valence-corrected chi connectivity index (χ0v) is 9.20. The van der Waals surface area contributed by atoms with Crippen molar-refractivity contribution in [1.29, 1.82) is 0 Å². The number of nitrogens with zero attached hydrogens (tertiary/aromatic N) is 1. The first kappa shape index (κ1) is 9.18. The number of halogens is 2. The summed E-state index contributed by atoms with van der Waals surface area (Å²) >= 11 is 4.25. The van der Waals surface area contributed by atoms with Gasteiger partial charge in [-0.05, 0) is 0 Å². The minimum absolute atomic E-state index is 0.321. The predicted octanol–water partition coefficient (Wildman–Crippen LogP) is 1.86. The van der Waals surface area contributed by atoms with Crippen molar-refractivity contribution >= 4 is 13.6 Å². The molecule has 9 heavy (non-hydrogen) atoms. The van der Waals surface area contributed by atoms with Gasteiger partial charge in [-0.15, -0.1) is 6.07 Å². The summed E-state index contributed by atoms with van der Waals surface area (Å²) in [7, 11) is 0. The van der Waals surface area contributed by atoms with Gasteiger partial charge in [0.2, 0.25) is 0 Å². The average Bonchev–Trinajstić information content (AvgIpc) is 1.94. The zero-order chi connectivity index (χ0) is 7.11. The van der Waals surface area contributed by atoms with Crippen LogP contribution < -0.4 is 0 Å². The van der Waals surface area contributed by atoms with Crippen LogP contribution >= 0.6 is 13.6 Å². The summed E-state index contributed by atoms with van der Waals surface area (Å²) in [6, 6.07) is 2.72. The molecule has 0 aliphatic carbocycles. The van der Waals surface area contributed by atoms with E-state index in [2.05, 4.69) is 24.8 Å². The molecule has 44 valence electrons. The fraction of sp³-hybridized carbons (Fsp3) is 0. The first-order valence-electron chi connectivity index (χ1n) is 2.14. The van der Waals surface area contributed by atoms with Crippen molar-refractivity contribution in [3.63, 3.8) is 0 Å². The molecule has 4 heteroatoms. The molecule has 0 fully saturated rings. The second-order valence-electron chi connectivity index (χ2n) is 1.11. The third-order valence-electron chi connectivity index (χ3n) is 0.580. The first-order chi connectivity index (χ1) is 4.39. The summed E-state index contributed by atoms with van der Waals surface area (Å²) in [4.78, 5) is 3.38. The molecule has 0 N–H and O–H groups in total. The molecule has 1 nitrogen and oxygen atoms in total. The van der Waals surface area contributed by atoms with E-state index in [1.165, 1.54) is 28.5 Å². The molecule has 1 heterocycles. The van der Waals surface area contributed by atoms with E-state index >= 15 is 0 Å². The van der Waals surface area contributed by atoms with Crippen molar-refractivity contribution in [2.24, 2.45) is 0 Å². The van der Waals surface area contributed by atoms with Crippen molar-refractivity contribution in [1.82, 2.24) is 4.98 Å². The van der Waals surface area contributed by atoms with Gasteiger partial charge in [0.1, 0.15) is 0 Å². The van der Waals surface area contributed by atoms with E-state index in [9.17, 15) is 4.39 Å². The molecule has 0 radical (unpaired) electrons. The van der Waals surface area contributed by atoms with E-state index in [4.69, 9.17) is 0 Å². The normalized spacial score (nSPS) is 7.56. The van der Waals surface area contributed by atoms with E-state index in [0.717, 1.165) is 6.20 Å². The van der Waals surface area contributed by atoms with E-state index in [0.29, 0.717) is 0 Å². The van der Waals surface area contributed by atoms with Crippen molar-refractivity contribution in [2.45, 2.75) is 0 Å². The molecule has 0 atom stereocenters. The topological polar surface area (TPSA) is 12.9 Å². The Morgan fingerprint density at radius 1 is 1.67 bits per heavy atom. The van der Waals surface area contributed by atoms with Crippen LogP contribution in [-0.4, -0.2) is 4.98 Å². The Kier molecular flexibility index (Phi) is 6.43. The molecular formula is C5H3BrFNZn. The van der Waals surface area contributed by atoms with E-state index in [1.54, 1.807) is 0 Å². The van der Waals surface area contributed by atoms with Crippen LogP contribution in [0.1, 0.15) is 0 Å². The summed E-state index contributed by atoms with van der Waals surface area (Å²) in [6.07, 6.45) is 3.55. The second-order valence-corrected chi connectivity index (χ2v) is 1.11. The molecule has 0 amide bonds. The molecule has 0 aliphatic heterocycles. The maximum absolute atomic E-state index is 11.8. The Hall–Kier alpha value is 0.183. The van der Waals surface area contributed by atoms with Crippen LogP contribution in [0, 0.1) is 12.0 Å². The molecule has 1 rings (SSSR count). The molecule has 0 saturated heterocycles. The monoisotopic (exact) mass is 239 g/mol. The summed E-state index contributed by atoms with van der Waals surface area (Å²) in [5.74, 6) is -0.321. The molecular weight excluding hydrogens is 238 g/mol. The molecule has 0 unspecified atom stereocenters. The van der Waals surface area contributed by atoms with Crippen LogP contribution in [0.2, 0.25) is 0 Å². The van der Waals surface area contributed by atoms with Gasteiger partial charge in [-0.2, -0.15) is 6.07 Å². The first-order valence-corrected chi connectivity index (χ1v) is 9.09. The zero-order valence-electron chi connectivity index (χ0n) is 4.64. The van der Waals surface area contributed by atoms with Gasteiger partial charge in [-0.1, -0.05) is 12.4 Å². The van der Waals surface area contributed by atoms with Crippen LogP contribution in [0.15, 0.2) is 18.3 Å². The Bertz CT molecular complexity index is 147. The average molecular weight is 241 g/mol. The standard InChI is InChI=1S/C5H3FN.BrH.Zn/c6-5-2-1-3-7-4-5;;/h1-2,4H;1H;/q-1;;+2/p-1.